The van der Waals surface area contributed by atoms with Gasteiger partial charge in [-0.1, -0.05) is 53.7 Å². The predicted octanol–water partition coefficient (Wildman–Crippen LogP) is 5.56. The van der Waals surface area contributed by atoms with Crippen molar-refractivity contribution in [2.24, 2.45) is 5.92 Å². The third-order valence-electron chi connectivity index (χ3n) is 5.42. The first kappa shape index (κ1) is 20.9. The highest BCUT2D eigenvalue weighted by atomic mass is 35.5. The van der Waals surface area contributed by atoms with Crippen LogP contribution in [0, 0.1) is 5.92 Å². The molecule has 154 valence electrons. The molecule has 1 aliphatic heterocycles. The normalized spacial score (nSPS) is 14.6. The Morgan fingerprint density at radius 2 is 1.77 bits per heavy atom. The topological polar surface area (TPSA) is 46.1 Å². The van der Waals surface area contributed by atoms with Crippen molar-refractivity contribution < 1.29 is 4.79 Å². The number of nitrogens with zero attached hydrogens (tertiary/aromatic N) is 3. The molecule has 30 heavy (non-hydrogen) atoms. The number of benzene rings is 2. The zero-order chi connectivity index (χ0) is 20.8. The molecule has 0 amide bonds. The first-order valence-corrected chi connectivity index (χ1v) is 11.6. The average molecular weight is 438 g/mol. The Bertz CT molecular complexity index is 973. The quantitative estimate of drug-likeness (QED) is 0.275. The lowest BCUT2D eigenvalue weighted by Crippen LogP contribution is -2.35. The number of Topliss-reactive ketones (excluding diaryl/α,β-unsaturated/α-hetero) is 1. The fourth-order valence-electron chi connectivity index (χ4n) is 3.74. The van der Waals surface area contributed by atoms with Crippen LogP contribution in [0.25, 0.3) is 0 Å². The second-order valence-corrected chi connectivity index (χ2v) is 8.92. The van der Waals surface area contributed by atoms with Crippen LogP contribution in [-0.2, 0) is 6.42 Å². The van der Waals surface area contributed by atoms with E-state index in [1.54, 1.807) is 30.5 Å². The molecule has 4 rings (SSSR count). The molecule has 1 aliphatic rings. The maximum atomic E-state index is 12.4. The van der Waals surface area contributed by atoms with E-state index in [-0.39, 0.29) is 5.78 Å². The lowest BCUT2D eigenvalue weighted by Gasteiger charge is -2.33. The number of aromatic nitrogens is 2. The highest BCUT2D eigenvalue weighted by Crippen LogP contribution is 2.26. The van der Waals surface area contributed by atoms with E-state index in [2.05, 4.69) is 45.2 Å². The lowest BCUT2D eigenvalue weighted by atomic mass is 9.90. The summed E-state index contributed by atoms with van der Waals surface area (Å²) in [5.74, 6) is 2.03. The summed E-state index contributed by atoms with van der Waals surface area (Å²) < 4.78 is 0. The summed E-state index contributed by atoms with van der Waals surface area (Å²) >= 11 is 7.27. The number of piperidine rings is 1. The summed E-state index contributed by atoms with van der Waals surface area (Å²) in [4.78, 5) is 23.7. The largest absolute Gasteiger partial charge is 0.356 e. The van der Waals surface area contributed by atoms with Gasteiger partial charge in [-0.25, -0.2) is 9.97 Å². The van der Waals surface area contributed by atoms with Crippen molar-refractivity contribution in [3.05, 3.63) is 83.0 Å². The molecule has 3 aromatic rings. The molecule has 0 N–H and O–H groups in total. The van der Waals surface area contributed by atoms with Gasteiger partial charge in [0.1, 0.15) is 5.82 Å². The Morgan fingerprint density at radius 3 is 2.50 bits per heavy atom. The molecule has 0 unspecified atom stereocenters. The molecule has 6 heteroatoms. The number of carbonyl (C=O) groups is 1. The van der Waals surface area contributed by atoms with Gasteiger partial charge in [0, 0.05) is 29.9 Å². The van der Waals surface area contributed by atoms with E-state index in [1.807, 2.05) is 6.07 Å². The average Bonchev–Trinajstić information content (AvgIpc) is 2.79. The summed E-state index contributed by atoms with van der Waals surface area (Å²) in [6.07, 6.45) is 5.26. The minimum Gasteiger partial charge on any atom is -0.356 e. The number of ketones is 1. The molecule has 0 bridgehead atoms. The third kappa shape index (κ3) is 5.61. The first-order chi connectivity index (χ1) is 14.7. The van der Waals surface area contributed by atoms with Crippen molar-refractivity contribution >= 4 is 35.0 Å². The summed E-state index contributed by atoms with van der Waals surface area (Å²) in [5.41, 5.74) is 2.07. The Labute approximate surface area is 186 Å². The van der Waals surface area contributed by atoms with Crippen LogP contribution in [0.1, 0.15) is 28.8 Å². The fourth-order valence-corrected chi connectivity index (χ4v) is 4.59. The summed E-state index contributed by atoms with van der Waals surface area (Å²) in [6.45, 7) is 2.00. The highest BCUT2D eigenvalue weighted by Gasteiger charge is 2.21. The SMILES string of the molecule is O=C(CSc1nccc(N2CCC(Cc3ccccc3)CC2)n1)c1ccc(Cl)cc1. The molecule has 4 nitrogen and oxygen atoms in total. The number of hydrogen-bond acceptors (Lipinski definition) is 5. The monoisotopic (exact) mass is 437 g/mol. The zero-order valence-corrected chi connectivity index (χ0v) is 18.3. The summed E-state index contributed by atoms with van der Waals surface area (Å²) in [5, 5.41) is 1.27. The van der Waals surface area contributed by atoms with E-state index in [1.165, 1.54) is 17.3 Å². The van der Waals surface area contributed by atoms with Gasteiger partial charge in [-0.3, -0.25) is 4.79 Å². The van der Waals surface area contributed by atoms with E-state index < -0.39 is 0 Å². The van der Waals surface area contributed by atoms with E-state index >= 15 is 0 Å². The molecule has 0 saturated carbocycles. The highest BCUT2D eigenvalue weighted by molar-refractivity contribution is 7.99. The van der Waals surface area contributed by atoms with Crippen molar-refractivity contribution in [1.29, 1.82) is 0 Å². The predicted molar refractivity (Wildman–Crippen MR) is 124 cm³/mol. The van der Waals surface area contributed by atoms with Gasteiger partial charge in [0.2, 0.25) is 0 Å². The molecule has 0 aliphatic carbocycles. The Morgan fingerprint density at radius 1 is 1.03 bits per heavy atom. The van der Waals surface area contributed by atoms with Gasteiger partial charge in [0.25, 0.3) is 0 Å². The molecule has 2 aromatic carbocycles. The second-order valence-electron chi connectivity index (χ2n) is 7.54. The first-order valence-electron chi connectivity index (χ1n) is 10.2. The molecular formula is C24H24ClN3OS. The van der Waals surface area contributed by atoms with E-state index in [0.717, 1.165) is 44.1 Å². The second kappa shape index (κ2) is 10.1. The van der Waals surface area contributed by atoms with Crippen LogP contribution in [0.15, 0.2) is 72.0 Å². The van der Waals surface area contributed by atoms with Gasteiger partial charge >= 0.3 is 0 Å². The van der Waals surface area contributed by atoms with Gasteiger partial charge in [0.05, 0.1) is 5.75 Å². The van der Waals surface area contributed by atoms with Gasteiger partial charge < -0.3 is 4.90 Å². The van der Waals surface area contributed by atoms with Crippen LogP contribution >= 0.6 is 23.4 Å². The maximum Gasteiger partial charge on any atom is 0.189 e. The van der Waals surface area contributed by atoms with E-state index in [4.69, 9.17) is 11.6 Å². The van der Waals surface area contributed by atoms with Crippen LogP contribution in [0.2, 0.25) is 5.02 Å². The molecule has 0 atom stereocenters. The number of thioether (sulfide) groups is 1. The van der Waals surface area contributed by atoms with Crippen LogP contribution in [0.5, 0.6) is 0 Å². The Kier molecular flexibility index (Phi) is 7.03. The maximum absolute atomic E-state index is 12.4. The molecule has 1 saturated heterocycles. The molecule has 2 heterocycles. The lowest BCUT2D eigenvalue weighted by molar-refractivity contribution is 0.102. The molecule has 1 fully saturated rings. The van der Waals surface area contributed by atoms with Gasteiger partial charge in [-0.05, 0) is 61.1 Å². The van der Waals surface area contributed by atoms with Crippen molar-refractivity contribution in [3.63, 3.8) is 0 Å². The number of rotatable bonds is 7. The summed E-state index contributed by atoms with van der Waals surface area (Å²) in [7, 11) is 0. The Hall–Kier alpha value is -2.37. The van der Waals surface area contributed by atoms with Crippen LogP contribution in [-0.4, -0.2) is 34.6 Å². The Balaban J connectivity index is 1.30. The standard InChI is InChI=1S/C24H24ClN3OS/c25-21-8-6-20(7-9-21)22(29)17-30-24-26-13-10-23(27-24)28-14-11-19(12-15-28)16-18-4-2-1-3-5-18/h1-10,13,19H,11-12,14-17H2. The molecular weight excluding hydrogens is 414 g/mol. The summed E-state index contributed by atoms with van der Waals surface area (Å²) in [6, 6.07) is 19.7. The van der Waals surface area contributed by atoms with E-state index in [9.17, 15) is 4.79 Å². The minimum atomic E-state index is 0.0485. The van der Waals surface area contributed by atoms with Gasteiger partial charge in [-0.15, -0.1) is 0 Å². The number of anilines is 1. The van der Waals surface area contributed by atoms with E-state index in [0.29, 0.717) is 21.5 Å². The van der Waals surface area contributed by atoms with Crippen molar-refractivity contribution in [2.45, 2.75) is 24.4 Å². The number of carbonyl (C=O) groups excluding carboxylic acids is 1. The third-order valence-corrected chi connectivity index (χ3v) is 6.54. The minimum absolute atomic E-state index is 0.0485. The van der Waals surface area contributed by atoms with Crippen LogP contribution in [0.3, 0.4) is 0 Å². The molecule has 0 radical (unpaired) electrons. The molecule has 0 spiro atoms. The van der Waals surface area contributed by atoms with Gasteiger partial charge in [-0.2, -0.15) is 0 Å². The van der Waals surface area contributed by atoms with Crippen LogP contribution < -0.4 is 4.90 Å². The van der Waals surface area contributed by atoms with Crippen molar-refractivity contribution in [2.75, 3.05) is 23.7 Å². The number of halogens is 1. The van der Waals surface area contributed by atoms with Crippen molar-refractivity contribution in [1.82, 2.24) is 9.97 Å². The number of hydrogen-bond donors (Lipinski definition) is 0. The van der Waals surface area contributed by atoms with Crippen LogP contribution in [0.4, 0.5) is 5.82 Å². The smallest absolute Gasteiger partial charge is 0.189 e. The zero-order valence-electron chi connectivity index (χ0n) is 16.7. The fraction of sp³-hybridized carbons (Fsp3) is 0.292. The van der Waals surface area contributed by atoms with Crippen molar-refractivity contribution in [3.8, 4) is 0 Å². The van der Waals surface area contributed by atoms with Gasteiger partial charge in [0.15, 0.2) is 10.9 Å². The molecule has 1 aromatic heterocycles.